The minimum Gasteiger partial charge on any atom is -0.310 e. The van der Waals surface area contributed by atoms with E-state index in [9.17, 15) is 0 Å². The third-order valence-corrected chi connectivity index (χ3v) is 22.5. The van der Waals surface area contributed by atoms with Gasteiger partial charge in [-0.05, 0) is 295 Å². The molecule has 0 bridgehead atoms. The first kappa shape index (κ1) is 73.0. The maximum Gasteiger partial charge on any atom is 0.0468 e. The van der Waals surface area contributed by atoms with Gasteiger partial charge in [0.2, 0.25) is 0 Å². The fraction of sp³-hybridized carbons (Fsp3) is 0.109. The van der Waals surface area contributed by atoms with Crippen LogP contribution in [0, 0.1) is 0 Å². The summed E-state index contributed by atoms with van der Waals surface area (Å²) in [6, 6.07) is 101. The largest absolute Gasteiger partial charge is 0.310 e. The Morgan fingerprint density at radius 3 is 1.18 bits per heavy atom. The van der Waals surface area contributed by atoms with E-state index in [1.807, 2.05) is 18.2 Å². The number of benzene rings is 12. The first-order valence-corrected chi connectivity index (χ1v) is 39.9. The van der Waals surface area contributed by atoms with E-state index in [1.165, 1.54) is 133 Å². The number of fused-ring (bicyclic) bond motifs is 2. The maximum atomic E-state index is 4.04. The summed E-state index contributed by atoms with van der Waals surface area (Å²) in [6.07, 6.45) is 52.9. The number of anilines is 6. The molecule has 0 saturated carbocycles. The summed E-state index contributed by atoms with van der Waals surface area (Å²) in [6.45, 7) is 12.1. The van der Waals surface area contributed by atoms with Crippen molar-refractivity contribution >= 4 is 83.5 Å². The third kappa shape index (κ3) is 16.1. The fourth-order valence-electron chi connectivity index (χ4n) is 16.6. The van der Waals surface area contributed by atoms with Crippen LogP contribution in [-0.2, 0) is 0 Å². The number of nitrogens with zero attached hydrogens (tertiary/aromatic N) is 2. The summed E-state index contributed by atoms with van der Waals surface area (Å²) >= 11 is 0. The number of hydrogen-bond acceptors (Lipinski definition) is 2. The third-order valence-electron chi connectivity index (χ3n) is 22.5. The van der Waals surface area contributed by atoms with Crippen LogP contribution in [0.2, 0.25) is 0 Å². The molecule has 0 heterocycles. The highest BCUT2D eigenvalue weighted by molar-refractivity contribution is 5.99. The molecule has 0 atom stereocenters. The van der Waals surface area contributed by atoms with Crippen molar-refractivity contribution in [2.45, 2.75) is 78.1 Å². The van der Waals surface area contributed by atoms with Crippen LogP contribution in [0.5, 0.6) is 0 Å². The van der Waals surface area contributed by atoms with Crippen LogP contribution in [-0.4, -0.2) is 0 Å². The molecule has 0 amide bonds. The Bertz CT molecular complexity index is 5910. The van der Waals surface area contributed by atoms with Crippen molar-refractivity contribution < 1.29 is 0 Å². The number of rotatable bonds is 20. The zero-order valence-corrected chi connectivity index (χ0v) is 64.3. The van der Waals surface area contributed by atoms with E-state index in [1.54, 1.807) is 0 Å². The highest BCUT2D eigenvalue weighted by Gasteiger charge is 2.24. The molecule has 2 nitrogen and oxygen atoms in total. The molecule has 0 aromatic heterocycles. The molecule has 112 heavy (non-hydrogen) atoms. The van der Waals surface area contributed by atoms with Crippen LogP contribution in [0.3, 0.4) is 0 Å². The lowest BCUT2D eigenvalue weighted by Crippen LogP contribution is -2.11. The highest BCUT2D eigenvalue weighted by Crippen LogP contribution is 2.47. The zero-order valence-electron chi connectivity index (χ0n) is 64.3. The van der Waals surface area contributed by atoms with Crippen LogP contribution >= 0.6 is 0 Å². The summed E-state index contributed by atoms with van der Waals surface area (Å²) < 4.78 is 0. The van der Waals surface area contributed by atoms with E-state index in [4.69, 9.17) is 0 Å². The summed E-state index contributed by atoms with van der Waals surface area (Å²) in [5, 5.41) is 5.04. The average molecular weight is 1440 g/mol. The van der Waals surface area contributed by atoms with Gasteiger partial charge in [-0.25, -0.2) is 0 Å². The van der Waals surface area contributed by atoms with Crippen LogP contribution in [0.15, 0.2) is 424 Å². The normalized spacial score (nSPS) is 14.9. The Balaban J connectivity index is 0.000000170. The van der Waals surface area contributed by atoms with Gasteiger partial charge in [0, 0.05) is 34.1 Å². The molecule has 5 aliphatic rings. The SMILES string of the molecule is C/C=C\C(=C/C)c1ccc(N(c2ccc(-c3cccc4ccccc34)cc2)c2ccc(-c3ccccc3)c(C3=CC=C(C4=CC=CCC4)CC3)c2)cc1.C=C/C=C(\C=C)c1ccc(-c2ccc(N(c3ccc(C4=CCCC=C4)cc3)c3ccc(-c4cccc5ccccc45)cc3)cc2C2=CC=C(C3=CC=CCC3)CC2)cc1. The van der Waals surface area contributed by atoms with Crippen LogP contribution < -0.4 is 9.80 Å². The molecule has 0 spiro atoms. The van der Waals surface area contributed by atoms with Gasteiger partial charge < -0.3 is 9.80 Å². The Kier molecular flexibility index (Phi) is 22.6. The van der Waals surface area contributed by atoms with Crippen molar-refractivity contribution in [3.63, 3.8) is 0 Å². The van der Waals surface area contributed by atoms with E-state index in [0.29, 0.717) is 0 Å². The molecular weight excluding hydrogens is 1350 g/mol. The molecule has 544 valence electrons. The van der Waals surface area contributed by atoms with Gasteiger partial charge in [-0.15, -0.1) is 0 Å². The second-order valence-electron chi connectivity index (χ2n) is 29.3. The summed E-state index contributed by atoms with van der Waals surface area (Å²) in [7, 11) is 0. The van der Waals surface area contributed by atoms with E-state index in [2.05, 4.69) is 407 Å². The van der Waals surface area contributed by atoms with Crippen molar-refractivity contribution in [3.8, 4) is 44.5 Å². The van der Waals surface area contributed by atoms with Crippen molar-refractivity contribution in [1.82, 2.24) is 0 Å². The predicted octanol–water partition coefficient (Wildman–Crippen LogP) is 31.5. The van der Waals surface area contributed by atoms with Crippen LogP contribution in [0.25, 0.3) is 93.9 Å². The minimum atomic E-state index is 0.987. The van der Waals surface area contributed by atoms with Crippen molar-refractivity contribution in [3.05, 3.63) is 452 Å². The Morgan fingerprint density at radius 1 is 0.321 bits per heavy atom. The van der Waals surface area contributed by atoms with Crippen molar-refractivity contribution in [2.24, 2.45) is 0 Å². The van der Waals surface area contributed by atoms with Gasteiger partial charge in [0.1, 0.15) is 0 Å². The Labute approximate surface area is 663 Å². The highest BCUT2D eigenvalue weighted by atomic mass is 15.1. The van der Waals surface area contributed by atoms with Crippen molar-refractivity contribution in [2.75, 3.05) is 9.80 Å². The van der Waals surface area contributed by atoms with E-state index >= 15 is 0 Å². The molecule has 5 aliphatic carbocycles. The van der Waals surface area contributed by atoms with Gasteiger partial charge in [-0.1, -0.05) is 329 Å². The number of allylic oxidation sites excluding steroid dienone is 28. The van der Waals surface area contributed by atoms with E-state index in [0.717, 1.165) is 109 Å². The number of hydrogen-bond donors (Lipinski definition) is 0. The monoisotopic (exact) mass is 1440 g/mol. The van der Waals surface area contributed by atoms with Crippen LogP contribution in [0.4, 0.5) is 34.1 Å². The lowest BCUT2D eigenvalue weighted by Gasteiger charge is -2.28. The molecule has 0 aliphatic heterocycles. The molecule has 0 radical (unpaired) electrons. The van der Waals surface area contributed by atoms with Gasteiger partial charge in [0.25, 0.3) is 0 Å². The Morgan fingerprint density at radius 2 is 0.732 bits per heavy atom. The second kappa shape index (κ2) is 34.6. The topological polar surface area (TPSA) is 6.48 Å². The molecule has 0 unspecified atom stereocenters. The summed E-state index contributed by atoms with van der Waals surface area (Å²) in [5.74, 6) is 0. The molecule has 0 saturated heterocycles. The summed E-state index contributed by atoms with van der Waals surface area (Å²) in [5.41, 5.74) is 34.9. The average Bonchev–Trinajstić information content (AvgIpc) is 0.724. The maximum absolute atomic E-state index is 4.04. The second-order valence-corrected chi connectivity index (χ2v) is 29.3. The lowest BCUT2D eigenvalue weighted by atomic mass is 9.84. The quantitative estimate of drug-likeness (QED) is 0.0702. The molecule has 12 aromatic carbocycles. The van der Waals surface area contributed by atoms with Gasteiger partial charge in [-0.2, -0.15) is 0 Å². The lowest BCUT2D eigenvalue weighted by molar-refractivity contribution is 0.905. The van der Waals surface area contributed by atoms with Crippen LogP contribution in [0.1, 0.15) is 106 Å². The van der Waals surface area contributed by atoms with E-state index < -0.39 is 0 Å². The first-order chi connectivity index (χ1) is 55.4. The van der Waals surface area contributed by atoms with Gasteiger partial charge in [0.15, 0.2) is 0 Å². The fourth-order valence-corrected chi connectivity index (χ4v) is 16.6. The molecular formula is C110H94N2. The molecule has 2 heteroatoms. The minimum absolute atomic E-state index is 0.987. The van der Waals surface area contributed by atoms with Gasteiger partial charge in [0.05, 0.1) is 0 Å². The van der Waals surface area contributed by atoms with Gasteiger partial charge in [-0.3, -0.25) is 0 Å². The smallest absolute Gasteiger partial charge is 0.0468 e. The predicted molar refractivity (Wildman–Crippen MR) is 486 cm³/mol. The standard InChI is InChI=1S/C58H49N.C52H45N/c1-3-14-42(4-2)45-23-27-49(28-24-45)57-40-39-54(41-58(57)51-29-25-46(26-30-51)43-15-7-5-8-16-43)59(52-35-31-47(32-36-52)44-17-9-6-10-18-44)53-37-33-50(34-38-53)56-22-13-20-48-19-11-12-21-55(48)56;1-3-14-38(4-2)40-27-31-46(32-28-40)53(47-33-29-44(30-34-47)50-22-13-20-43-19-11-12-21-49(43)50)48-35-36-51(42-17-9-6-10-18-42)52(37-48)45-25-23-41(24-26-45)39-15-7-5-8-16-39/h3-5,7,9,11-15,17-25,27-29,31-41H,1-2,6,8,10,16,26,30H2;3-7,9-15,17-23,25,27-37H,8,16,24,26H2,1-2H3/b42-14+;14-3-,38-4+. The van der Waals surface area contributed by atoms with Crippen molar-refractivity contribution in [1.29, 1.82) is 0 Å². The summed E-state index contributed by atoms with van der Waals surface area (Å²) in [4.78, 5) is 4.82. The van der Waals surface area contributed by atoms with E-state index in [-0.39, 0.29) is 0 Å². The first-order valence-electron chi connectivity index (χ1n) is 39.9. The molecule has 17 rings (SSSR count). The molecule has 12 aromatic rings. The van der Waals surface area contributed by atoms with Gasteiger partial charge >= 0.3 is 0 Å². The molecule has 0 N–H and O–H groups in total. The molecule has 0 fully saturated rings. The zero-order chi connectivity index (χ0) is 76.0. The Hall–Kier alpha value is -13.1.